The summed E-state index contributed by atoms with van der Waals surface area (Å²) in [6, 6.07) is 9.31. The first-order valence-corrected chi connectivity index (χ1v) is 9.08. The summed E-state index contributed by atoms with van der Waals surface area (Å²) in [6.07, 6.45) is 8.90. The zero-order valence-electron chi connectivity index (χ0n) is 12.4. The van der Waals surface area contributed by atoms with Gasteiger partial charge in [0.05, 0.1) is 10.9 Å². The molecule has 0 spiro atoms. The molecule has 118 valence electrons. The van der Waals surface area contributed by atoms with Crippen molar-refractivity contribution >= 4 is 15.7 Å². The summed E-state index contributed by atoms with van der Waals surface area (Å²) in [5, 5.41) is 8.83. The van der Waals surface area contributed by atoms with Crippen molar-refractivity contribution in [3.8, 4) is 0 Å². The number of hydrogen-bond donors (Lipinski definition) is 2. The second kappa shape index (κ2) is 5.18. The maximum atomic E-state index is 11.6. The number of sulfonamides is 1. The molecule has 0 saturated heterocycles. The minimum Gasteiger partial charge on any atom is -0.378 e. The number of anilines is 1. The third kappa shape index (κ3) is 2.44. The van der Waals surface area contributed by atoms with Crippen LogP contribution in [0.5, 0.6) is 0 Å². The van der Waals surface area contributed by atoms with Gasteiger partial charge in [0.25, 0.3) is 0 Å². The van der Waals surface area contributed by atoms with Gasteiger partial charge in [-0.3, -0.25) is 4.98 Å². The highest BCUT2D eigenvalue weighted by molar-refractivity contribution is 7.89. The maximum Gasteiger partial charge on any atom is 0.238 e. The van der Waals surface area contributed by atoms with E-state index < -0.39 is 10.0 Å². The summed E-state index contributed by atoms with van der Waals surface area (Å²) < 4.78 is 23.3. The molecule has 0 amide bonds. The fourth-order valence-corrected chi connectivity index (χ4v) is 4.20. The van der Waals surface area contributed by atoms with E-state index in [0.717, 1.165) is 17.7 Å². The number of allylic oxidation sites excluding steroid dienone is 2. The van der Waals surface area contributed by atoms with E-state index in [2.05, 4.69) is 22.5 Å². The predicted molar refractivity (Wildman–Crippen MR) is 88.4 cm³/mol. The first kappa shape index (κ1) is 14.4. The van der Waals surface area contributed by atoms with Gasteiger partial charge in [0.1, 0.15) is 0 Å². The van der Waals surface area contributed by atoms with Crippen LogP contribution in [0.3, 0.4) is 0 Å². The van der Waals surface area contributed by atoms with Gasteiger partial charge in [-0.05, 0) is 53.8 Å². The third-order valence-corrected chi connectivity index (χ3v) is 5.64. The van der Waals surface area contributed by atoms with Crippen LogP contribution in [0.2, 0.25) is 0 Å². The van der Waals surface area contributed by atoms with Gasteiger partial charge in [-0.15, -0.1) is 0 Å². The lowest BCUT2D eigenvalue weighted by molar-refractivity contribution is 0.425. The summed E-state index contributed by atoms with van der Waals surface area (Å²) in [5.74, 6) is 0.562. The molecule has 2 aliphatic rings. The second-order valence-electron chi connectivity index (χ2n) is 6.05. The molecule has 0 bridgehead atoms. The van der Waals surface area contributed by atoms with Gasteiger partial charge in [0.15, 0.2) is 0 Å². The van der Waals surface area contributed by atoms with E-state index in [1.807, 2.05) is 18.2 Å². The quantitative estimate of drug-likeness (QED) is 0.830. The molecule has 1 aliphatic heterocycles. The number of nitrogens with two attached hydrogens (primary N) is 1. The van der Waals surface area contributed by atoms with E-state index in [-0.39, 0.29) is 16.9 Å². The average molecular weight is 327 g/mol. The summed E-state index contributed by atoms with van der Waals surface area (Å²) >= 11 is 0. The molecule has 0 radical (unpaired) electrons. The van der Waals surface area contributed by atoms with Gasteiger partial charge in [0.2, 0.25) is 10.0 Å². The number of hydrogen-bond acceptors (Lipinski definition) is 4. The molecule has 0 fully saturated rings. The number of nitrogens with zero attached hydrogens (tertiary/aromatic N) is 1. The number of pyridine rings is 1. The minimum absolute atomic E-state index is 0.166. The maximum absolute atomic E-state index is 11.6. The van der Waals surface area contributed by atoms with Crippen molar-refractivity contribution in [3.05, 3.63) is 66.0 Å². The van der Waals surface area contributed by atoms with Crippen LogP contribution in [0.1, 0.15) is 29.5 Å². The molecule has 3 N–H and O–H groups in total. The topological polar surface area (TPSA) is 85.1 Å². The molecule has 1 aromatic heterocycles. The number of aromatic nitrogens is 1. The van der Waals surface area contributed by atoms with Gasteiger partial charge in [-0.2, -0.15) is 0 Å². The smallest absolute Gasteiger partial charge is 0.238 e. The molecule has 2 aromatic rings. The van der Waals surface area contributed by atoms with Gasteiger partial charge < -0.3 is 5.32 Å². The molecule has 23 heavy (non-hydrogen) atoms. The summed E-state index contributed by atoms with van der Waals surface area (Å²) in [4.78, 5) is 4.25. The zero-order chi connectivity index (χ0) is 16.0. The SMILES string of the molecule is NS(=O)(=O)c1ccc2c(c1)[C@H]1C=CC[C@H]1[C@@H](c1ccncc1)N2. The highest BCUT2D eigenvalue weighted by atomic mass is 32.2. The first-order chi connectivity index (χ1) is 11.0. The molecule has 1 aromatic carbocycles. The van der Waals surface area contributed by atoms with Crippen molar-refractivity contribution in [2.75, 3.05) is 5.32 Å². The van der Waals surface area contributed by atoms with Crippen LogP contribution in [-0.4, -0.2) is 13.4 Å². The number of primary sulfonamides is 1. The Bertz CT molecular complexity index is 878. The molecule has 0 saturated carbocycles. The van der Waals surface area contributed by atoms with E-state index >= 15 is 0 Å². The van der Waals surface area contributed by atoms with Crippen LogP contribution in [0.15, 0.2) is 59.8 Å². The number of nitrogens with one attached hydrogen (secondary N) is 1. The zero-order valence-corrected chi connectivity index (χ0v) is 13.2. The van der Waals surface area contributed by atoms with Gasteiger partial charge in [0, 0.05) is 24.0 Å². The fourth-order valence-electron chi connectivity index (χ4n) is 3.65. The van der Waals surface area contributed by atoms with E-state index in [9.17, 15) is 8.42 Å². The molecule has 6 heteroatoms. The van der Waals surface area contributed by atoms with Crippen molar-refractivity contribution in [2.45, 2.75) is 23.3 Å². The molecule has 4 rings (SSSR count). The normalized spacial score (nSPS) is 25.5. The predicted octanol–water partition coefficient (Wildman–Crippen LogP) is 2.56. The Balaban J connectivity index is 1.81. The van der Waals surface area contributed by atoms with Gasteiger partial charge >= 0.3 is 0 Å². The van der Waals surface area contributed by atoms with Gasteiger partial charge in [-0.25, -0.2) is 13.6 Å². The summed E-state index contributed by atoms with van der Waals surface area (Å²) in [6.45, 7) is 0. The van der Waals surface area contributed by atoms with E-state index in [1.54, 1.807) is 24.5 Å². The second-order valence-corrected chi connectivity index (χ2v) is 7.61. The van der Waals surface area contributed by atoms with E-state index in [0.29, 0.717) is 5.92 Å². The van der Waals surface area contributed by atoms with Crippen molar-refractivity contribution in [2.24, 2.45) is 11.1 Å². The van der Waals surface area contributed by atoms with Crippen LogP contribution in [0.4, 0.5) is 5.69 Å². The molecule has 0 unspecified atom stereocenters. The van der Waals surface area contributed by atoms with Crippen LogP contribution >= 0.6 is 0 Å². The molecule has 1 aliphatic carbocycles. The van der Waals surface area contributed by atoms with Gasteiger partial charge in [-0.1, -0.05) is 12.2 Å². The highest BCUT2D eigenvalue weighted by Crippen LogP contribution is 2.49. The summed E-state index contributed by atoms with van der Waals surface area (Å²) in [7, 11) is -3.69. The largest absolute Gasteiger partial charge is 0.378 e. The third-order valence-electron chi connectivity index (χ3n) is 4.73. The van der Waals surface area contributed by atoms with Crippen molar-refractivity contribution in [1.29, 1.82) is 0 Å². The molecular weight excluding hydrogens is 310 g/mol. The number of fused-ring (bicyclic) bond motifs is 3. The Morgan fingerprint density at radius 2 is 1.96 bits per heavy atom. The molecule has 3 atom stereocenters. The molecule has 2 heterocycles. The van der Waals surface area contributed by atoms with E-state index in [4.69, 9.17) is 5.14 Å². The van der Waals surface area contributed by atoms with E-state index in [1.165, 1.54) is 5.56 Å². The Hall–Kier alpha value is -2.18. The van der Waals surface area contributed by atoms with Crippen molar-refractivity contribution in [1.82, 2.24) is 4.98 Å². The van der Waals surface area contributed by atoms with Crippen LogP contribution < -0.4 is 10.5 Å². The highest BCUT2D eigenvalue weighted by Gasteiger charge is 2.38. The fraction of sp³-hybridized carbons (Fsp3) is 0.235. The lowest BCUT2D eigenvalue weighted by Gasteiger charge is -2.37. The number of benzene rings is 1. The van der Waals surface area contributed by atoms with Crippen LogP contribution in [0.25, 0.3) is 0 Å². The first-order valence-electron chi connectivity index (χ1n) is 7.54. The lowest BCUT2D eigenvalue weighted by Crippen LogP contribution is -2.29. The standard InChI is InChI=1S/C17H17N3O2S/c18-23(21,22)12-4-5-16-15(10-12)13-2-1-3-14(13)17(20-16)11-6-8-19-9-7-11/h1-2,4-10,13-14,17,20H,3H2,(H2,18,21,22)/t13-,14+,17+/m0/s1. The van der Waals surface area contributed by atoms with Crippen LogP contribution in [0, 0.1) is 5.92 Å². The van der Waals surface area contributed by atoms with Crippen molar-refractivity contribution in [3.63, 3.8) is 0 Å². The van der Waals surface area contributed by atoms with Crippen LogP contribution in [-0.2, 0) is 10.0 Å². The monoisotopic (exact) mass is 327 g/mol. The Morgan fingerprint density at radius 3 is 2.70 bits per heavy atom. The lowest BCUT2D eigenvalue weighted by atomic mass is 9.77. The Labute approximate surface area is 135 Å². The Morgan fingerprint density at radius 1 is 1.17 bits per heavy atom. The summed E-state index contributed by atoms with van der Waals surface area (Å²) in [5.41, 5.74) is 3.16. The van der Waals surface area contributed by atoms with Crippen molar-refractivity contribution < 1.29 is 8.42 Å². The molecule has 5 nitrogen and oxygen atoms in total. The number of rotatable bonds is 2. The Kier molecular flexibility index (Phi) is 3.25. The molecular formula is C17H17N3O2S. The average Bonchev–Trinajstić information content (AvgIpc) is 3.03. The minimum atomic E-state index is -3.69.